The molecule has 0 aliphatic rings. The Balaban J connectivity index is 1.65. The van der Waals surface area contributed by atoms with Crippen molar-refractivity contribution in [3.8, 4) is 11.5 Å². The number of aryl methyl sites for hydroxylation is 1. The molecule has 23 heavy (non-hydrogen) atoms. The Morgan fingerprint density at radius 2 is 1.83 bits per heavy atom. The first-order chi connectivity index (χ1) is 11.1. The number of nitrogens with zero attached hydrogens (tertiary/aromatic N) is 6. The summed E-state index contributed by atoms with van der Waals surface area (Å²) in [5.74, 6) is 0.653. The number of rotatable bonds is 5. The molecule has 0 spiro atoms. The zero-order chi connectivity index (χ0) is 16.2. The van der Waals surface area contributed by atoms with Crippen molar-refractivity contribution < 1.29 is 0 Å². The van der Waals surface area contributed by atoms with Crippen LogP contribution in [0.5, 0.6) is 0 Å². The van der Waals surface area contributed by atoms with Gasteiger partial charge in [-0.2, -0.15) is 5.10 Å². The van der Waals surface area contributed by atoms with Crippen LogP contribution in [0.3, 0.4) is 0 Å². The third-order valence-electron chi connectivity index (χ3n) is 3.83. The first-order valence-corrected chi connectivity index (χ1v) is 7.52. The van der Waals surface area contributed by atoms with Crippen LogP contribution in [0.2, 0.25) is 0 Å². The van der Waals surface area contributed by atoms with Crippen LogP contribution in [-0.2, 0) is 20.1 Å². The molecule has 0 bridgehead atoms. The Kier molecular flexibility index (Phi) is 4.43. The standard InChI is InChI=1S/C17H20N6/c1-13-15(10-21-23(13)3)12-22(2)11-14-8-19-17(20-9-14)16-6-4-5-7-18-16/h4-10H,11-12H2,1-3H3. The zero-order valence-electron chi connectivity index (χ0n) is 13.6. The fourth-order valence-corrected chi connectivity index (χ4v) is 2.42. The summed E-state index contributed by atoms with van der Waals surface area (Å²) in [5, 5.41) is 4.28. The van der Waals surface area contributed by atoms with Crippen molar-refractivity contribution in [3.63, 3.8) is 0 Å². The summed E-state index contributed by atoms with van der Waals surface area (Å²) >= 11 is 0. The van der Waals surface area contributed by atoms with Crippen molar-refractivity contribution >= 4 is 0 Å². The summed E-state index contributed by atoms with van der Waals surface area (Å²) in [4.78, 5) is 15.3. The monoisotopic (exact) mass is 308 g/mol. The van der Waals surface area contributed by atoms with Crippen LogP contribution in [0.25, 0.3) is 11.5 Å². The molecule has 0 saturated heterocycles. The first kappa shape index (κ1) is 15.3. The van der Waals surface area contributed by atoms with Crippen molar-refractivity contribution in [3.05, 3.63) is 59.8 Å². The molecule has 0 aromatic carbocycles. The van der Waals surface area contributed by atoms with E-state index in [0.717, 1.165) is 24.3 Å². The van der Waals surface area contributed by atoms with Crippen molar-refractivity contribution in [1.82, 2.24) is 29.6 Å². The largest absolute Gasteiger partial charge is 0.298 e. The fraction of sp³-hybridized carbons (Fsp3) is 0.294. The van der Waals surface area contributed by atoms with Crippen LogP contribution in [0.4, 0.5) is 0 Å². The van der Waals surface area contributed by atoms with Crippen molar-refractivity contribution in [2.75, 3.05) is 7.05 Å². The summed E-state index contributed by atoms with van der Waals surface area (Å²) in [6.45, 7) is 3.72. The van der Waals surface area contributed by atoms with Crippen molar-refractivity contribution in [1.29, 1.82) is 0 Å². The van der Waals surface area contributed by atoms with Crippen LogP contribution in [0, 0.1) is 6.92 Å². The Labute approximate surface area is 135 Å². The molecular weight excluding hydrogens is 288 g/mol. The second-order valence-corrected chi connectivity index (χ2v) is 5.68. The first-order valence-electron chi connectivity index (χ1n) is 7.52. The van der Waals surface area contributed by atoms with Gasteiger partial charge in [0.15, 0.2) is 5.82 Å². The van der Waals surface area contributed by atoms with Gasteiger partial charge in [0.25, 0.3) is 0 Å². The van der Waals surface area contributed by atoms with Crippen LogP contribution >= 0.6 is 0 Å². The molecule has 3 heterocycles. The molecule has 118 valence electrons. The second kappa shape index (κ2) is 6.66. The minimum absolute atomic E-state index is 0.653. The molecule has 0 fully saturated rings. The van der Waals surface area contributed by atoms with Crippen LogP contribution < -0.4 is 0 Å². The number of pyridine rings is 1. The Hall–Kier alpha value is -2.60. The van der Waals surface area contributed by atoms with E-state index in [-0.39, 0.29) is 0 Å². The van der Waals surface area contributed by atoms with Gasteiger partial charge >= 0.3 is 0 Å². The summed E-state index contributed by atoms with van der Waals surface area (Å²) in [5.41, 5.74) is 4.30. The molecule has 0 amide bonds. The maximum Gasteiger partial charge on any atom is 0.178 e. The van der Waals surface area contributed by atoms with E-state index in [9.17, 15) is 0 Å². The molecular formula is C17H20N6. The summed E-state index contributed by atoms with van der Waals surface area (Å²) in [6.07, 6.45) is 7.40. The lowest BCUT2D eigenvalue weighted by atomic mass is 10.2. The van der Waals surface area contributed by atoms with Gasteiger partial charge in [-0.15, -0.1) is 0 Å². The van der Waals surface area contributed by atoms with Crippen LogP contribution in [-0.4, -0.2) is 36.7 Å². The maximum atomic E-state index is 4.41. The molecule has 0 aliphatic carbocycles. The average molecular weight is 308 g/mol. The smallest absolute Gasteiger partial charge is 0.178 e. The van der Waals surface area contributed by atoms with E-state index in [2.05, 4.69) is 38.9 Å². The van der Waals surface area contributed by atoms with E-state index in [0.29, 0.717) is 5.82 Å². The Bertz CT molecular complexity index is 764. The molecule has 0 saturated carbocycles. The predicted molar refractivity (Wildman–Crippen MR) is 88.4 cm³/mol. The topological polar surface area (TPSA) is 59.7 Å². The highest BCUT2D eigenvalue weighted by Crippen LogP contribution is 2.13. The van der Waals surface area contributed by atoms with E-state index in [1.165, 1.54) is 11.3 Å². The minimum Gasteiger partial charge on any atom is -0.298 e. The quantitative estimate of drug-likeness (QED) is 0.723. The van der Waals surface area contributed by atoms with Gasteiger partial charge in [-0.1, -0.05) is 6.07 Å². The minimum atomic E-state index is 0.653. The van der Waals surface area contributed by atoms with Crippen molar-refractivity contribution in [2.24, 2.45) is 7.05 Å². The van der Waals surface area contributed by atoms with Gasteiger partial charge in [0.2, 0.25) is 0 Å². The molecule has 6 nitrogen and oxygen atoms in total. The van der Waals surface area contributed by atoms with Gasteiger partial charge < -0.3 is 0 Å². The van der Waals surface area contributed by atoms with E-state index < -0.39 is 0 Å². The van der Waals surface area contributed by atoms with Gasteiger partial charge in [0.05, 0.1) is 6.20 Å². The number of hydrogen-bond acceptors (Lipinski definition) is 5. The highest BCUT2D eigenvalue weighted by Gasteiger charge is 2.08. The molecule has 0 atom stereocenters. The summed E-state index contributed by atoms with van der Waals surface area (Å²) in [6, 6.07) is 5.73. The third kappa shape index (κ3) is 3.60. The molecule has 3 aromatic heterocycles. The molecule has 6 heteroatoms. The predicted octanol–water partition coefficient (Wildman–Crippen LogP) is 2.21. The van der Waals surface area contributed by atoms with E-state index >= 15 is 0 Å². The van der Waals surface area contributed by atoms with Gasteiger partial charge in [-0.05, 0) is 26.1 Å². The maximum absolute atomic E-state index is 4.41. The molecule has 3 rings (SSSR count). The normalized spacial score (nSPS) is 11.1. The third-order valence-corrected chi connectivity index (χ3v) is 3.83. The van der Waals surface area contributed by atoms with Gasteiger partial charge in [-0.3, -0.25) is 14.6 Å². The second-order valence-electron chi connectivity index (χ2n) is 5.68. The van der Waals surface area contributed by atoms with Crippen molar-refractivity contribution in [2.45, 2.75) is 20.0 Å². The van der Waals surface area contributed by atoms with Gasteiger partial charge in [0, 0.05) is 55.5 Å². The lowest BCUT2D eigenvalue weighted by Crippen LogP contribution is -2.18. The fourth-order valence-electron chi connectivity index (χ4n) is 2.42. The molecule has 0 radical (unpaired) electrons. The van der Waals surface area contributed by atoms with E-state index in [1.807, 2.05) is 48.5 Å². The highest BCUT2D eigenvalue weighted by molar-refractivity contribution is 5.47. The molecule has 0 N–H and O–H groups in total. The molecule has 0 unspecified atom stereocenters. The van der Waals surface area contributed by atoms with Crippen LogP contribution in [0.1, 0.15) is 16.8 Å². The number of hydrogen-bond donors (Lipinski definition) is 0. The Morgan fingerprint density at radius 3 is 2.43 bits per heavy atom. The van der Waals surface area contributed by atoms with Gasteiger partial charge in [0.1, 0.15) is 5.69 Å². The number of aromatic nitrogens is 5. The molecule has 0 aliphatic heterocycles. The summed E-state index contributed by atoms with van der Waals surface area (Å²) < 4.78 is 1.90. The Morgan fingerprint density at radius 1 is 1.04 bits per heavy atom. The van der Waals surface area contributed by atoms with Gasteiger partial charge in [-0.25, -0.2) is 9.97 Å². The highest BCUT2D eigenvalue weighted by atomic mass is 15.3. The average Bonchev–Trinajstić information content (AvgIpc) is 2.88. The SMILES string of the molecule is Cc1c(CN(C)Cc2cnc(-c3ccccn3)nc2)cnn1C. The lowest BCUT2D eigenvalue weighted by molar-refractivity contribution is 0.317. The van der Waals surface area contributed by atoms with Crippen LogP contribution in [0.15, 0.2) is 43.0 Å². The molecule has 3 aromatic rings. The summed E-state index contributed by atoms with van der Waals surface area (Å²) in [7, 11) is 4.04. The van der Waals surface area contributed by atoms with E-state index in [4.69, 9.17) is 0 Å². The van der Waals surface area contributed by atoms with E-state index in [1.54, 1.807) is 6.20 Å². The zero-order valence-corrected chi connectivity index (χ0v) is 13.6. The lowest BCUT2D eigenvalue weighted by Gasteiger charge is -2.16.